The number of hydrogen-bond donors (Lipinski definition) is 3. The lowest BCUT2D eigenvalue weighted by Crippen LogP contribution is -2.48. The van der Waals surface area contributed by atoms with Crippen molar-refractivity contribution in [2.45, 2.75) is 26.3 Å². The molecule has 0 spiro atoms. The second-order valence-corrected chi connectivity index (χ2v) is 5.40. The van der Waals surface area contributed by atoms with Gasteiger partial charge in [0.1, 0.15) is 0 Å². The second-order valence-electron chi connectivity index (χ2n) is 5.40. The first-order valence-electron chi connectivity index (χ1n) is 5.97. The second kappa shape index (κ2) is 5.50. The Balaban J connectivity index is 2.82. The Morgan fingerprint density at radius 1 is 1.22 bits per heavy atom. The standard InChI is InChI=1S/C14H21NO3/c1-13(2,12(17)18)9-15-14(3,10-16)11-7-5-4-6-8-11/h4-8,15-16H,9-10H2,1-3H3,(H,17,18). The predicted octanol–water partition coefficient (Wildman–Crippen LogP) is 1.59. The van der Waals surface area contributed by atoms with Crippen molar-refractivity contribution in [3.63, 3.8) is 0 Å². The number of aliphatic hydroxyl groups excluding tert-OH is 1. The number of benzene rings is 1. The van der Waals surface area contributed by atoms with Crippen LogP contribution in [-0.2, 0) is 10.3 Å². The summed E-state index contributed by atoms with van der Waals surface area (Å²) in [5, 5.41) is 21.8. The Hall–Kier alpha value is -1.39. The Kier molecular flexibility index (Phi) is 4.48. The van der Waals surface area contributed by atoms with Crippen LogP contribution in [0.5, 0.6) is 0 Å². The number of rotatable bonds is 6. The molecule has 18 heavy (non-hydrogen) atoms. The zero-order valence-electron chi connectivity index (χ0n) is 11.1. The summed E-state index contributed by atoms with van der Waals surface area (Å²) in [5.74, 6) is -0.858. The van der Waals surface area contributed by atoms with Gasteiger partial charge in [0, 0.05) is 6.54 Å². The van der Waals surface area contributed by atoms with Crippen molar-refractivity contribution in [2.24, 2.45) is 5.41 Å². The van der Waals surface area contributed by atoms with Crippen LogP contribution >= 0.6 is 0 Å². The van der Waals surface area contributed by atoms with E-state index in [1.165, 1.54) is 0 Å². The van der Waals surface area contributed by atoms with E-state index < -0.39 is 16.9 Å². The van der Waals surface area contributed by atoms with Gasteiger partial charge < -0.3 is 15.5 Å². The molecule has 0 aliphatic heterocycles. The van der Waals surface area contributed by atoms with Crippen LogP contribution in [-0.4, -0.2) is 29.3 Å². The molecule has 0 radical (unpaired) electrons. The van der Waals surface area contributed by atoms with Gasteiger partial charge in [0.15, 0.2) is 0 Å². The molecule has 0 saturated heterocycles. The fourth-order valence-corrected chi connectivity index (χ4v) is 1.55. The number of carbonyl (C=O) groups is 1. The number of aliphatic carboxylic acids is 1. The molecule has 1 aromatic rings. The first kappa shape index (κ1) is 14.7. The van der Waals surface area contributed by atoms with Crippen molar-refractivity contribution in [3.05, 3.63) is 35.9 Å². The summed E-state index contributed by atoms with van der Waals surface area (Å²) in [6.07, 6.45) is 0. The molecule has 100 valence electrons. The lowest BCUT2D eigenvalue weighted by atomic mass is 9.88. The van der Waals surface area contributed by atoms with Crippen molar-refractivity contribution < 1.29 is 15.0 Å². The topological polar surface area (TPSA) is 69.6 Å². The Morgan fingerprint density at radius 2 is 1.78 bits per heavy atom. The molecule has 0 aromatic heterocycles. The van der Waals surface area contributed by atoms with E-state index in [2.05, 4.69) is 5.32 Å². The molecule has 4 nitrogen and oxygen atoms in total. The third kappa shape index (κ3) is 3.31. The van der Waals surface area contributed by atoms with Crippen molar-refractivity contribution in [1.82, 2.24) is 5.32 Å². The minimum absolute atomic E-state index is 0.0906. The van der Waals surface area contributed by atoms with E-state index in [9.17, 15) is 9.90 Å². The number of carboxylic acids is 1. The summed E-state index contributed by atoms with van der Waals surface area (Å²) >= 11 is 0. The minimum Gasteiger partial charge on any atom is -0.481 e. The van der Waals surface area contributed by atoms with E-state index in [4.69, 9.17) is 5.11 Å². The highest BCUT2D eigenvalue weighted by molar-refractivity contribution is 5.73. The molecule has 1 unspecified atom stereocenters. The maximum atomic E-state index is 11.1. The third-order valence-corrected chi connectivity index (χ3v) is 3.23. The summed E-state index contributed by atoms with van der Waals surface area (Å²) in [5.41, 5.74) is -0.562. The third-order valence-electron chi connectivity index (χ3n) is 3.23. The molecule has 1 aromatic carbocycles. The Labute approximate surface area is 108 Å². The molecule has 4 heteroatoms. The van der Waals surface area contributed by atoms with Gasteiger partial charge in [-0.15, -0.1) is 0 Å². The van der Waals surface area contributed by atoms with Gasteiger partial charge in [0.2, 0.25) is 0 Å². The molecular weight excluding hydrogens is 230 g/mol. The summed E-state index contributed by atoms with van der Waals surface area (Å²) in [6.45, 7) is 5.37. The summed E-state index contributed by atoms with van der Waals surface area (Å²) < 4.78 is 0. The number of hydrogen-bond acceptors (Lipinski definition) is 3. The van der Waals surface area contributed by atoms with Gasteiger partial charge >= 0.3 is 5.97 Å². The van der Waals surface area contributed by atoms with Crippen molar-refractivity contribution >= 4 is 5.97 Å². The fraction of sp³-hybridized carbons (Fsp3) is 0.500. The zero-order valence-corrected chi connectivity index (χ0v) is 11.1. The molecule has 0 amide bonds. The van der Waals surface area contributed by atoms with Crippen LogP contribution in [0.4, 0.5) is 0 Å². The number of nitrogens with one attached hydrogen (secondary N) is 1. The highest BCUT2D eigenvalue weighted by Gasteiger charge is 2.32. The zero-order chi connectivity index (χ0) is 13.8. The SMILES string of the molecule is CC(C)(CNC(C)(CO)c1ccccc1)C(=O)O. The Bertz CT molecular complexity index is 403. The van der Waals surface area contributed by atoms with E-state index >= 15 is 0 Å². The largest absolute Gasteiger partial charge is 0.481 e. The monoisotopic (exact) mass is 251 g/mol. The van der Waals surface area contributed by atoms with E-state index in [0.29, 0.717) is 0 Å². The van der Waals surface area contributed by atoms with Crippen LogP contribution in [0, 0.1) is 5.41 Å². The quantitative estimate of drug-likeness (QED) is 0.718. The van der Waals surface area contributed by atoms with Gasteiger partial charge in [0.25, 0.3) is 0 Å². The lowest BCUT2D eigenvalue weighted by molar-refractivity contribution is -0.146. The molecule has 0 aliphatic carbocycles. The van der Waals surface area contributed by atoms with Crippen molar-refractivity contribution in [3.8, 4) is 0 Å². The van der Waals surface area contributed by atoms with Gasteiger partial charge in [-0.05, 0) is 26.3 Å². The summed E-state index contributed by atoms with van der Waals surface area (Å²) in [4.78, 5) is 11.1. The van der Waals surface area contributed by atoms with Crippen LogP contribution in [0.2, 0.25) is 0 Å². The molecule has 3 N–H and O–H groups in total. The normalized spacial score (nSPS) is 15.1. The lowest BCUT2D eigenvalue weighted by Gasteiger charge is -2.33. The van der Waals surface area contributed by atoms with Crippen LogP contribution in [0.25, 0.3) is 0 Å². The van der Waals surface area contributed by atoms with Crippen molar-refractivity contribution in [2.75, 3.05) is 13.2 Å². The van der Waals surface area contributed by atoms with Gasteiger partial charge in [-0.1, -0.05) is 30.3 Å². The molecule has 1 atom stereocenters. The van der Waals surface area contributed by atoms with Crippen molar-refractivity contribution in [1.29, 1.82) is 0 Å². The van der Waals surface area contributed by atoms with Gasteiger partial charge in [-0.25, -0.2) is 0 Å². The average molecular weight is 251 g/mol. The van der Waals surface area contributed by atoms with Crippen LogP contribution in [0.15, 0.2) is 30.3 Å². The van der Waals surface area contributed by atoms with Crippen LogP contribution in [0.3, 0.4) is 0 Å². The first-order chi connectivity index (χ1) is 8.32. The Morgan fingerprint density at radius 3 is 2.22 bits per heavy atom. The molecule has 0 saturated carbocycles. The van der Waals surface area contributed by atoms with Gasteiger partial charge in [-0.3, -0.25) is 4.79 Å². The molecule has 0 aliphatic rings. The maximum Gasteiger partial charge on any atom is 0.310 e. The van der Waals surface area contributed by atoms with Crippen LogP contribution < -0.4 is 5.32 Å². The molecule has 0 fully saturated rings. The number of aliphatic hydroxyl groups is 1. The minimum atomic E-state index is -0.870. The molecular formula is C14H21NO3. The predicted molar refractivity (Wildman–Crippen MR) is 70.3 cm³/mol. The highest BCUT2D eigenvalue weighted by atomic mass is 16.4. The van der Waals surface area contributed by atoms with E-state index in [1.54, 1.807) is 13.8 Å². The smallest absolute Gasteiger partial charge is 0.310 e. The molecule has 0 heterocycles. The number of carboxylic acid groups (broad SMARTS) is 1. The summed E-state index contributed by atoms with van der Waals surface area (Å²) in [7, 11) is 0. The van der Waals surface area contributed by atoms with Gasteiger partial charge in [-0.2, -0.15) is 0 Å². The van der Waals surface area contributed by atoms with E-state index in [1.807, 2.05) is 37.3 Å². The van der Waals surface area contributed by atoms with E-state index in [0.717, 1.165) is 5.56 Å². The average Bonchev–Trinajstić information content (AvgIpc) is 2.37. The first-order valence-corrected chi connectivity index (χ1v) is 5.97. The maximum absolute atomic E-state index is 11.1. The van der Waals surface area contributed by atoms with E-state index in [-0.39, 0.29) is 13.2 Å². The van der Waals surface area contributed by atoms with Crippen LogP contribution in [0.1, 0.15) is 26.3 Å². The molecule has 0 bridgehead atoms. The molecule has 1 rings (SSSR count). The summed E-state index contributed by atoms with van der Waals surface area (Å²) in [6, 6.07) is 9.52. The van der Waals surface area contributed by atoms with Gasteiger partial charge in [0.05, 0.1) is 17.6 Å². The fourth-order valence-electron chi connectivity index (χ4n) is 1.55. The highest BCUT2D eigenvalue weighted by Crippen LogP contribution is 2.22.